The topological polar surface area (TPSA) is 73.9 Å². The van der Waals surface area contributed by atoms with E-state index in [0.717, 1.165) is 13.0 Å². The first-order valence-electron chi connectivity index (χ1n) is 4.51. The fraction of sp³-hybridized carbons (Fsp3) is 0.625. The predicted molar refractivity (Wildman–Crippen MR) is 51.9 cm³/mol. The number of rotatable bonds is 5. The number of hydrogen-bond acceptors (Lipinski definition) is 4. The van der Waals surface area contributed by atoms with E-state index in [2.05, 4.69) is 20.5 Å². The average molecular weight is 197 g/mol. The summed E-state index contributed by atoms with van der Waals surface area (Å²) in [5.41, 5.74) is 0. The van der Waals surface area contributed by atoms with Crippen LogP contribution in [0.4, 0.5) is 0 Å². The molecule has 0 aliphatic heterocycles. The van der Waals surface area contributed by atoms with Crippen molar-refractivity contribution in [2.24, 2.45) is 0 Å². The quantitative estimate of drug-likeness (QED) is 0.623. The maximum Gasteiger partial charge on any atom is 0.290 e. The molecule has 1 amide bonds. The minimum atomic E-state index is -0.126. The number of amides is 1. The van der Waals surface area contributed by atoms with Crippen molar-refractivity contribution in [1.82, 2.24) is 25.4 Å². The Morgan fingerprint density at radius 1 is 1.71 bits per heavy atom. The van der Waals surface area contributed by atoms with E-state index in [1.54, 1.807) is 11.9 Å². The summed E-state index contributed by atoms with van der Waals surface area (Å²) < 4.78 is 0. The highest BCUT2D eigenvalue weighted by Crippen LogP contribution is 1.95. The lowest BCUT2D eigenvalue weighted by molar-refractivity contribution is 0.0782. The predicted octanol–water partition coefficient (Wildman–Crippen LogP) is -0.514. The van der Waals surface area contributed by atoms with Gasteiger partial charge in [0.2, 0.25) is 5.82 Å². The molecule has 0 bridgehead atoms. The van der Waals surface area contributed by atoms with Gasteiger partial charge in [-0.3, -0.25) is 9.89 Å². The Morgan fingerprint density at radius 3 is 3.07 bits per heavy atom. The largest absolute Gasteiger partial charge is 0.339 e. The van der Waals surface area contributed by atoms with Crippen LogP contribution in [-0.2, 0) is 0 Å². The molecular weight excluding hydrogens is 182 g/mol. The zero-order valence-electron chi connectivity index (χ0n) is 8.45. The molecule has 0 saturated carbocycles. The van der Waals surface area contributed by atoms with Crippen LogP contribution in [0.2, 0.25) is 0 Å². The monoisotopic (exact) mass is 197 g/mol. The van der Waals surface area contributed by atoms with Gasteiger partial charge in [0.1, 0.15) is 6.33 Å². The summed E-state index contributed by atoms with van der Waals surface area (Å²) in [5.74, 6) is 0.163. The van der Waals surface area contributed by atoms with Gasteiger partial charge < -0.3 is 10.2 Å². The normalized spacial score (nSPS) is 10.1. The van der Waals surface area contributed by atoms with Crippen molar-refractivity contribution in [3.63, 3.8) is 0 Å². The number of hydrogen-bond donors (Lipinski definition) is 2. The molecule has 0 atom stereocenters. The van der Waals surface area contributed by atoms with Gasteiger partial charge in [-0.2, -0.15) is 5.10 Å². The molecule has 6 nitrogen and oxygen atoms in total. The molecule has 0 aliphatic rings. The fourth-order valence-corrected chi connectivity index (χ4v) is 1.08. The van der Waals surface area contributed by atoms with Gasteiger partial charge in [0, 0.05) is 13.6 Å². The molecule has 0 aliphatic carbocycles. The molecule has 0 saturated heterocycles. The van der Waals surface area contributed by atoms with E-state index < -0.39 is 0 Å². The smallest absolute Gasteiger partial charge is 0.290 e. The number of nitrogens with one attached hydrogen (secondary N) is 2. The standard InChI is InChI=1S/C8H15N5O/c1-9-4-3-5-13(2)8(14)7-10-6-11-12-7/h6,9H,3-5H2,1-2H3,(H,10,11,12). The Kier molecular flexibility index (Phi) is 4.06. The van der Waals surface area contributed by atoms with E-state index in [4.69, 9.17) is 0 Å². The number of aromatic nitrogens is 3. The van der Waals surface area contributed by atoms with Crippen molar-refractivity contribution in [2.45, 2.75) is 6.42 Å². The Bertz CT molecular complexity index is 271. The van der Waals surface area contributed by atoms with E-state index in [9.17, 15) is 4.79 Å². The molecule has 0 spiro atoms. The lowest BCUT2D eigenvalue weighted by Gasteiger charge is -2.14. The second kappa shape index (κ2) is 5.33. The van der Waals surface area contributed by atoms with Gasteiger partial charge in [-0.25, -0.2) is 4.98 Å². The first kappa shape index (κ1) is 10.6. The zero-order chi connectivity index (χ0) is 10.4. The molecule has 0 fully saturated rings. The molecule has 0 aromatic carbocycles. The molecule has 78 valence electrons. The molecule has 1 aromatic rings. The number of carbonyl (C=O) groups is 1. The van der Waals surface area contributed by atoms with Crippen molar-refractivity contribution in [3.8, 4) is 0 Å². The SMILES string of the molecule is CNCCCN(C)C(=O)c1ncn[nH]1. The minimum Gasteiger partial charge on any atom is -0.339 e. The van der Waals surface area contributed by atoms with Crippen LogP contribution in [0.1, 0.15) is 17.0 Å². The molecule has 14 heavy (non-hydrogen) atoms. The number of aromatic amines is 1. The molecule has 0 radical (unpaired) electrons. The third kappa shape index (κ3) is 2.81. The van der Waals surface area contributed by atoms with Crippen molar-refractivity contribution >= 4 is 5.91 Å². The molecule has 2 N–H and O–H groups in total. The van der Waals surface area contributed by atoms with Gasteiger partial charge in [0.25, 0.3) is 5.91 Å². The summed E-state index contributed by atoms with van der Waals surface area (Å²) in [6.45, 7) is 1.61. The van der Waals surface area contributed by atoms with Gasteiger partial charge in [-0.15, -0.1) is 0 Å². The summed E-state index contributed by atoms with van der Waals surface area (Å²) in [6.07, 6.45) is 2.25. The summed E-state index contributed by atoms with van der Waals surface area (Å²) in [5, 5.41) is 9.19. The molecule has 0 unspecified atom stereocenters. The second-order valence-electron chi connectivity index (χ2n) is 3.02. The van der Waals surface area contributed by atoms with Gasteiger partial charge in [-0.1, -0.05) is 0 Å². The summed E-state index contributed by atoms with van der Waals surface area (Å²) in [4.78, 5) is 17.0. The first-order chi connectivity index (χ1) is 6.75. The lowest BCUT2D eigenvalue weighted by Crippen LogP contribution is -2.30. The Morgan fingerprint density at radius 2 is 2.50 bits per heavy atom. The molecule has 1 heterocycles. The molecule has 6 heteroatoms. The summed E-state index contributed by atoms with van der Waals surface area (Å²) in [6, 6.07) is 0. The molecular formula is C8H15N5O. The summed E-state index contributed by atoms with van der Waals surface area (Å²) >= 11 is 0. The van der Waals surface area contributed by atoms with E-state index in [1.807, 2.05) is 7.05 Å². The van der Waals surface area contributed by atoms with E-state index in [-0.39, 0.29) is 11.7 Å². The van der Waals surface area contributed by atoms with Crippen LogP contribution in [0, 0.1) is 0 Å². The third-order valence-electron chi connectivity index (χ3n) is 1.88. The highest BCUT2D eigenvalue weighted by Gasteiger charge is 2.13. The minimum absolute atomic E-state index is 0.126. The number of H-pyrrole nitrogens is 1. The van der Waals surface area contributed by atoms with Crippen LogP contribution in [0.3, 0.4) is 0 Å². The molecule has 1 aromatic heterocycles. The third-order valence-corrected chi connectivity index (χ3v) is 1.88. The van der Waals surface area contributed by atoms with Crippen molar-refractivity contribution in [1.29, 1.82) is 0 Å². The Labute approximate surface area is 82.7 Å². The van der Waals surface area contributed by atoms with E-state index >= 15 is 0 Å². The zero-order valence-corrected chi connectivity index (χ0v) is 8.45. The maximum absolute atomic E-state index is 11.6. The van der Waals surface area contributed by atoms with Crippen molar-refractivity contribution in [3.05, 3.63) is 12.2 Å². The Balaban J connectivity index is 2.37. The van der Waals surface area contributed by atoms with Gasteiger partial charge in [-0.05, 0) is 20.0 Å². The van der Waals surface area contributed by atoms with E-state index in [0.29, 0.717) is 6.54 Å². The average Bonchev–Trinajstić information content (AvgIpc) is 2.69. The van der Waals surface area contributed by atoms with Crippen molar-refractivity contribution < 1.29 is 4.79 Å². The maximum atomic E-state index is 11.6. The summed E-state index contributed by atoms with van der Waals surface area (Å²) in [7, 11) is 3.64. The van der Waals surface area contributed by atoms with Gasteiger partial charge in [0.15, 0.2) is 0 Å². The number of carbonyl (C=O) groups excluding carboxylic acids is 1. The number of nitrogens with zero attached hydrogens (tertiary/aromatic N) is 3. The van der Waals surface area contributed by atoms with Crippen LogP contribution in [0.5, 0.6) is 0 Å². The van der Waals surface area contributed by atoms with E-state index in [1.165, 1.54) is 6.33 Å². The van der Waals surface area contributed by atoms with Crippen LogP contribution in [0.15, 0.2) is 6.33 Å². The van der Waals surface area contributed by atoms with Crippen molar-refractivity contribution in [2.75, 3.05) is 27.2 Å². The van der Waals surface area contributed by atoms with Crippen LogP contribution in [-0.4, -0.2) is 53.2 Å². The van der Waals surface area contributed by atoms with Crippen LogP contribution in [0.25, 0.3) is 0 Å². The fourth-order valence-electron chi connectivity index (χ4n) is 1.08. The highest BCUT2D eigenvalue weighted by molar-refractivity contribution is 5.90. The van der Waals surface area contributed by atoms with Gasteiger partial charge in [0.05, 0.1) is 0 Å². The van der Waals surface area contributed by atoms with Crippen LogP contribution < -0.4 is 5.32 Å². The first-order valence-corrected chi connectivity index (χ1v) is 4.51. The van der Waals surface area contributed by atoms with Gasteiger partial charge >= 0.3 is 0 Å². The second-order valence-corrected chi connectivity index (χ2v) is 3.02. The Hall–Kier alpha value is -1.43. The highest BCUT2D eigenvalue weighted by atomic mass is 16.2. The van der Waals surface area contributed by atoms with Crippen LogP contribution >= 0.6 is 0 Å². The molecule has 1 rings (SSSR count). The lowest BCUT2D eigenvalue weighted by atomic mass is 10.4.